The van der Waals surface area contributed by atoms with E-state index in [1.807, 2.05) is 20.8 Å². The molecule has 1 amide bonds. The molecule has 1 fully saturated rings. The Hall–Kier alpha value is -0.770. The summed E-state index contributed by atoms with van der Waals surface area (Å²) in [5, 5.41) is 6.62. The molecule has 4 heteroatoms. The second-order valence-electron chi connectivity index (χ2n) is 7.66. The zero-order valence-corrected chi connectivity index (χ0v) is 14.7. The van der Waals surface area contributed by atoms with Gasteiger partial charge < -0.3 is 15.4 Å². The largest absolute Gasteiger partial charge is 0.444 e. The van der Waals surface area contributed by atoms with Crippen LogP contribution in [0.3, 0.4) is 0 Å². The molecule has 2 N–H and O–H groups in total. The van der Waals surface area contributed by atoms with Crippen LogP contribution in [0.15, 0.2) is 0 Å². The molecule has 4 atom stereocenters. The molecule has 4 unspecified atom stereocenters. The van der Waals surface area contributed by atoms with E-state index in [4.69, 9.17) is 4.74 Å². The maximum absolute atomic E-state index is 11.8. The highest BCUT2D eigenvalue weighted by atomic mass is 16.6. The summed E-state index contributed by atoms with van der Waals surface area (Å²) in [6, 6.07) is 0.701. The molecule has 1 rings (SSSR count). The maximum atomic E-state index is 11.8. The molecule has 0 saturated heterocycles. The Labute approximate surface area is 130 Å². The zero-order chi connectivity index (χ0) is 16.0. The van der Waals surface area contributed by atoms with Crippen LogP contribution < -0.4 is 10.6 Å². The molecule has 124 valence electrons. The van der Waals surface area contributed by atoms with Crippen LogP contribution in [0.1, 0.15) is 67.2 Å². The molecule has 0 aromatic heterocycles. The van der Waals surface area contributed by atoms with Gasteiger partial charge in [0.05, 0.1) is 0 Å². The smallest absolute Gasteiger partial charge is 0.407 e. The molecule has 1 aliphatic carbocycles. The highest BCUT2D eigenvalue weighted by Crippen LogP contribution is 2.28. The van der Waals surface area contributed by atoms with Crippen LogP contribution in [-0.2, 0) is 4.74 Å². The molecule has 0 radical (unpaired) electrons. The molecule has 21 heavy (non-hydrogen) atoms. The molecule has 1 aliphatic rings. The van der Waals surface area contributed by atoms with Gasteiger partial charge >= 0.3 is 6.09 Å². The van der Waals surface area contributed by atoms with Gasteiger partial charge in [-0.25, -0.2) is 4.79 Å². The Morgan fingerprint density at radius 3 is 2.52 bits per heavy atom. The molecule has 1 saturated carbocycles. The zero-order valence-electron chi connectivity index (χ0n) is 14.7. The number of hydrogen-bond donors (Lipinski definition) is 2. The average Bonchev–Trinajstić information content (AvgIpc) is 2.36. The molecule has 0 heterocycles. The van der Waals surface area contributed by atoms with Gasteiger partial charge in [0, 0.05) is 18.6 Å². The second kappa shape index (κ2) is 8.02. The molecule has 0 aromatic carbocycles. The van der Waals surface area contributed by atoms with Gasteiger partial charge in [-0.3, -0.25) is 0 Å². The summed E-state index contributed by atoms with van der Waals surface area (Å²) in [5.41, 5.74) is -0.441. The van der Waals surface area contributed by atoms with Crippen molar-refractivity contribution in [2.24, 2.45) is 11.8 Å². The lowest BCUT2D eigenvalue weighted by Crippen LogP contribution is -2.48. The van der Waals surface area contributed by atoms with Gasteiger partial charge in [0.2, 0.25) is 0 Å². The van der Waals surface area contributed by atoms with Gasteiger partial charge in [-0.1, -0.05) is 27.2 Å². The Balaban J connectivity index is 2.38. The molecular weight excluding hydrogens is 264 g/mol. The first-order valence-electron chi connectivity index (χ1n) is 8.44. The molecule has 4 nitrogen and oxygen atoms in total. The summed E-state index contributed by atoms with van der Waals surface area (Å²) in [5.74, 6) is 1.53. The average molecular weight is 298 g/mol. The van der Waals surface area contributed by atoms with Crippen molar-refractivity contribution >= 4 is 6.09 Å². The molecule has 0 spiro atoms. The lowest BCUT2D eigenvalue weighted by molar-refractivity contribution is 0.0500. The summed E-state index contributed by atoms with van der Waals surface area (Å²) < 4.78 is 5.32. The summed E-state index contributed by atoms with van der Waals surface area (Å²) >= 11 is 0. The fourth-order valence-electron chi connectivity index (χ4n) is 2.88. The van der Waals surface area contributed by atoms with Gasteiger partial charge in [0.25, 0.3) is 0 Å². The number of amides is 1. The van der Waals surface area contributed by atoms with E-state index in [0.717, 1.165) is 24.8 Å². The number of hydrogen-bond acceptors (Lipinski definition) is 3. The van der Waals surface area contributed by atoms with Crippen LogP contribution >= 0.6 is 0 Å². The normalized spacial score (nSPS) is 28.0. The maximum Gasteiger partial charge on any atom is 0.407 e. The second-order valence-corrected chi connectivity index (χ2v) is 7.66. The minimum atomic E-state index is -0.441. The van der Waals surface area contributed by atoms with Crippen molar-refractivity contribution in [3.05, 3.63) is 0 Å². The first-order valence-corrected chi connectivity index (χ1v) is 8.44. The highest BCUT2D eigenvalue weighted by molar-refractivity contribution is 5.68. The lowest BCUT2D eigenvalue weighted by Gasteiger charge is -2.34. The van der Waals surface area contributed by atoms with Crippen molar-refractivity contribution in [2.45, 2.75) is 84.9 Å². The van der Waals surface area contributed by atoms with Gasteiger partial charge in [-0.15, -0.1) is 0 Å². The Bertz CT molecular complexity index is 325. The third kappa shape index (κ3) is 7.16. The Morgan fingerprint density at radius 1 is 1.29 bits per heavy atom. The first kappa shape index (κ1) is 18.3. The quantitative estimate of drug-likeness (QED) is 0.813. The topological polar surface area (TPSA) is 50.4 Å². The van der Waals surface area contributed by atoms with E-state index in [0.29, 0.717) is 6.04 Å². The summed E-state index contributed by atoms with van der Waals surface area (Å²) in [7, 11) is 0. The van der Waals surface area contributed by atoms with E-state index < -0.39 is 5.60 Å². The van der Waals surface area contributed by atoms with Crippen LogP contribution in [0.5, 0.6) is 0 Å². The van der Waals surface area contributed by atoms with Crippen molar-refractivity contribution in [3.8, 4) is 0 Å². The van der Waals surface area contributed by atoms with Crippen LogP contribution in [0.2, 0.25) is 0 Å². The number of carbonyl (C=O) groups is 1. The summed E-state index contributed by atoms with van der Waals surface area (Å²) in [6.07, 6.45) is 4.47. The fraction of sp³-hybridized carbons (Fsp3) is 0.941. The number of nitrogens with one attached hydrogen (secondary N) is 2. The van der Waals surface area contributed by atoms with Crippen molar-refractivity contribution < 1.29 is 9.53 Å². The Kier molecular flexibility index (Phi) is 6.98. The Morgan fingerprint density at radius 2 is 1.95 bits per heavy atom. The van der Waals surface area contributed by atoms with Crippen molar-refractivity contribution in [1.29, 1.82) is 0 Å². The van der Waals surface area contributed by atoms with E-state index in [9.17, 15) is 4.79 Å². The predicted molar refractivity (Wildman–Crippen MR) is 87.4 cm³/mol. The molecule has 0 aromatic rings. The van der Waals surface area contributed by atoms with Crippen LogP contribution in [0, 0.1) is 11.8 Å². The number of carbonyl (C=O) groups excluding carboxylic acids is 1. The molecule has 0 bridgehead atoms. The van der Waals surface area contributed by atoms with Gasteiger partial charge in [-0.05, 0) is 51.9 Å². The minimum Gasteiger partial charge on any atom is -0.444 e. The SMILES string of the molecule is CCC(CNC1CC(C)CCC1C)NC(=O)OC(C)(C)C. The van der Waals surface area contributed by atoms with Crippen LogP contribution in [0.4, 0.5) is 4.79 Å². The van der Waals surface area contributed by atoms with Crippen molar-refractivity contribution in [2.75, 3.05) is 6.54 Å². The van der Waals surface area contributed by atoms with Crippen LogP contribution in [-0.4, -0.2) is 30.3 Å². The number of rotatable bonds is 5. The van der Waals surface area contributed by atoms with Gasteiger partial charge in [0.1, 0.15) is 5.60 Å². The third-order valence-corrected chi connectivity index (χ3v) is 4.30. The van der Waals surface area contributed by atoms with E-state index in [1.54, 1.807) is 0 Å². The number of ether oxygens (including phenoxy) is 1. The first-order chi connectivity index (χ1) is 9.71. The number of alkyl carbamates (subject to hydrolysis) is 1. The predicted octanol–water partition coefficient (Wildman–Crippen LogP) is 3.70. The standard InChI is InChI=1S/C17H34N2O2/c1-7-14(19-16(20)21-17(4,5)6)11-18-15-10-12(2)8-9-13(15)3/h12-15,18H,7-11H2,1-6H3,(H,19,20). The molecular formula is C17H34N2O2. The lowest BCUT2D eigenvalue weighted by atomic mass is 9.80. The van der Waals surface area contributed by atoms with Crippen molar-refractivity contribution in [3.63, 3.8) is 0 Å². The fourth-order valence-corrected chi connectivity index (χ4v) is 2.88. The summed E-state index contributed by atoms with van der Waals surface area (Å²) in [6.45, 7) is 13.2. The van der Waals surface area contributed by atoms with E-state index >= 15 is 0 Å². The van der Waals surface area contributed by atoms with Crippen LogP contribution in [0.25, 0.3) is 0 Å². The van der Waals surface area contributed by atoms with Gasteiger partial charge in [-0.2, -0.15) is 0 Å². The van der Waals surface area contributed by atoms with Gasteiger partial charge in [0.15, 0.2) is 0 Å². The monoisotopic (exact) mass is 298 g/mol. The summed E-state index contributed by atoms with van der Waals surface area (Å²) in [4.78, 5) is 11.8. The highest BCUT2D eigenvalue weighted by Gasteiger charge is 2.26. The van der Waals surface area contributed by atoms with E-state index in [2.05, 4.69) is 31.4 Å². The van der Waals surface area contributed by atoms with E-state index in [1.165, 1.54) is 19.3 Å². The molecule has 0 aliphatic heterocycles. The van der Waals surface area contributed by atoms with E-state index in [-0.39, 0.29) is 12.1 Å². The third-order valence-electron chi connectivity index (χ3n) is 4.30. The minimum absolute atomic E-state index is 0.129. The van der Waals surface area contributed by atoms with Crippen molar-refractivity contribution in [1.82, 2.24) is 10.6 Å².